The van der Waals surface area contributed by atoms with Crippen LogP contribution in [-0.2, 0) is 39.9 Å². The van der Waals surface area contributed by atoms with E-state index < -0.39 is 47.0 Å². The van der Waals surface area contributed by atoms with Crippen LogP contribution in [0, 0.1) is 6.92 Å². The molecule has 0 amide bonds. The maximum absolute atomic E-state index is 12.7. The fourth-order valence-electron chi connectivity index (χ4n) is 3.41. The normalized spacial score (nSPS) is 28.5. The number of carbonyl (C=O) groups is 1. The molecule has 0 bridgehead atoms. The Morgan fingerprint density at radius 2 is 1.63 bits per heavy atom. The van der Waals surface area contributed by atoms with Crippen LogP contribution in [0.15, 0.2) is 59.5 Å². The van der Waals surface area contributed by atoms with Gasteiger partial charge in [0.25, 0.3) is 10.1 Å². The van der Waals surface area contributed by atoms with Crippen molar-refractivity contribution in [3.05, 3.63) is 65.7 Å². The summed E-state index contributed by atoms with van der Waals surface area (Å²) in [6.45, 7) is 3.71. The molecule has 0 saturated carbocycles. The number of fused-ring (bicyclic) bond motifs is 1. The third kappa shape index (κ3) is 4.34. The fraction of sp³-hybridized carbons (Fsp3) is 0.381. The van der Waals surface area contributed by atoms with Gasteiger partial charge in [-0.2, -0.15) is 8.42 Å². The Morgan fingerprint density at radius 1 is 0.967 bits per heavy atom. The molecule has 2 unspecified atom stereocenters. The van der Waals surface area contributed by atoms with Crippen molar-refractivity contribution in [2.45, 2.75) is 56.1 Å². The number of carbonyl (C=O) groups excluding carboxylic acids is 1. The molecule has 9 heteroatoms. The van der Waals surface area contributed by atoms with Crippen LogP contribution in [0.1, 0.15) is 18.1 Å². The summed E-state index contributed by atoms with van der Waals surface area (Å²) >= 11 is 0. The highest BCUT2D eigenvalue weighted by Gasteiger charge is 2.55. The molecule has 0 spiro atoms. The van der Waals surface area contributed by atoms with Gasteiger partial charge in [-0.1, -0.05) is 48.0 Å². The van der Waals surface area contributed by atoms with Crippen LogP contribution >= 0.6 is 0 Å². The lowest BCUT2D eigenvalue weighted by Crippen LogP contribution is -2.57. The maximum atomic E-state index is 12.7. The third-order valence-corrected chi connectivity index (χ3v) is 6.32. The van der Waals surface area contributed by atoms with Crippen molar-refractivity contribution in [1.82, 2.24) is 0 Å². The number of rotatable bonds is 6. The van der Waals surface area contributed by atoms with E-state index in [-0.39, 0.29) is 11.5 Å². The van der Waals surface area contributed by atoms with Crippen molar-refractivity contribution in [2.24, 2.45) is 0 Å². The lowest BCUT2D eigenvalue weighted by Gasteiger charge is -2.38. The first-order valence-electron chi connectivity index (χ1n) is 9.52. The zero-order valence-electron chi connectivity index (χ0n) is 16.5. The second-order valence-corrected chi connectivity index (χ2v) is 8.82. The molecule has 160 valence electrons. The Morgan fingerprint density at radius 3 is 2.33 bits per heavy atom. The summed E-state index contributed by atoms with van der Waals surface area (Å²) in [5, 5.41) is 0. The summed E-state index contributed by atoms with van der Waals surface area (Å²) in [4.78, 5) is 11.8. The van der Waals surface area contributed by atoms with Crippen molar-refractivity contribution >= 4 is 16.3 Å². The molecule has 4 rings (SSSR count). The van der Waals surface area contributed by atoms with Gasteiger partial charge in [-0.25, -0.2) is 4.79 Å². The molecule has 2 heterocycles. The molecule has 0 aromatic heterocycles. The molecule has 0 radical (unpaired) electrons. The van der Waals surface area contributed by atoms with Crippen LogP contribution < -0.4 is 0 Å². The highest BCUT2D eigenvalue weighted by atomic mass is 32.2. The summed E-state index contributed by atoms with van der Waals surface area (Å²) in [5.74, 6) is 0. The van der Waals surface area contributed by atoms with E-state index in [0.717, 1.165) is 11.1 Å². The predicted octanol–water partition coefficient (Wildman–Crippen LogP) is 2.93. The van der Waals surface area contributed by atoms with Gasteiger partial charge in [0.1, 0.15) is 6.10 Å². The van der Waals surface area contributed by atoms with Gasteiger partial charge in [-0.05, 0) is 31.5 Å². The van der Waals surface area contributed by atoms with Gasteiger partial charge < -0.3 is 18.9 Å². The second kappa shape index (κ2) is 8.35. The van der Waals surface area contributed by atoms with Gasteiger partial charge in [0.15, 0.2) is 18.5 Å². The molecule has 5 atom stereocenters. The van der Waals surface area contributed by atoms with Gasteiger partial charge in [-0.3, -0.25) is 4.18 Å². The first-order valence-corrected chi connectivity index (χ1v) is 10.9. The summed E-state index contributed by atoms with van der Waals surface area (Å²) < 4.78 is 52.9. The van der Waals surface area contributed by atoms with Crippen molar-refractivity contribution in [3.8, 4) is 0 Å². The molecule has 2 fully saturated rings. The molecule has 2 aliphatic rings. The predicted molar refractivity (Wildman–Crippen MR) is 104 cm³/mol. The lowest BCUT2D eigenvalue weighted by atomic mass is 10.00. The fourth-order valence-corrected chi connectivity index (χ4v) is 4.55. The van der Waals surface area contributed by atoms with Crippen LogP contribution in [-0.4, -0.2) is 45.3 Å². The number of aryl methyl sites for hydroxylation is 1. The molecule has 30 heavy (non-hydrogen) atoms. The van der Waals surface area contributed by atoms with E-state index in [2.05, 4.69) is 0 Å². The Bertz CT molecular complexity index is 989. The smallest absolute Gasteiger partial charge is 0.424 e. The van der Waals surface area contributed by atoms with Crippen molar-refractivity contribution in [2.75, 3.05) is 0 Å². The molecule has 0 aliphatic carbocycles. The number of hydrogen-bond donors (Lipinski definition) is 0. The average molecular weight is 434 g/mol. The van der Waals surface area contributed by atoms with E-state index in [0.29, 0.717) is 0 Å². The molecule has 8 nitrogen and oxygen atoms in total. The number of ether oxygens (including phenoxy) is 4. The Hall–Kier alpha value is -2.46. The molecule has 2 aromatic rings. The minimum absolute atomic E-state index is 0.00421. The summed E-state index contributed by atoms with van der Waals surface area (Å²) in [6, 6.07) is 15.7. The van der Waals surface area contributed by atoms with Crippen molar-refractivity contribution in [3.63, 3.8) is 0 Å². The van der Waals surface area contributed by atoms with E-state index in [9.17, 15) is 13.2 Å². The van der Waals surface area contributed by atoms with Gasteiger partial charge in [0.2, 0.25) is 0 Å². The van der Waals surface area contributed by atoms with Gasteiger partial charge in [0.05, 0.1) is 17.6 Å². The number of benzene rings is 2. The SMILES string of the molecule is Cc1ccc(S(=O)(=O)O[C@@H]2C(C)O[C@@H](OCc3ccccc3)C3OC(=O)O[C@H]32)cc1. The first kappa shape index (κ1) is 20.8. The minimum atomic E-state index is -4.11. The van der Waals surface area contributed by atoms with Crippen LogP contribution in [0.3, 0.4) is 0 Å². The van der Waals surface area contributed by atoms with E-state index >= 15 is 0 Å². The largest absolute Gasteiger partial charge is 0.509 e. The Kier molecular flexibility index (Phi) is 5.79. The van der Waals surface area contributed by atoms with E-state index in [1.807, 2.05) is 37.3 Å². The van der Waals surface area contributed by atoms with Gasteiger partial charge in [-0.15, -0.1) is 0 Å². The van der Waals surface area contributed by atoms with Gasteiger partial charge >= 0.3 is 6.16 Å². The summed E-state index contributed by atoms with van der Waals surface area (Å²) in [5.41, 5.74) is 1.83. The highest BCUT2D eigenvalue weighted by molar-refractivity contribution is 7.86. The Balaban J connectivity index is 1.50. The van der Waals surface area contributed by atoms with Gasteiger partial charge in [0, 0.05) is 0 Å². The van der Waals surface area contributed by atoms with Crippen LogP contribution in [0.5, 0.6) is 0 Å². The topological polar surface area (TPSA) is 97.4 Å². The molecule has 2 aliphatic heterocycles. The lowest BCUT2D eigenvalue weighted by molar-refractivity contribution is -0.268. The second-order valence-electron chi connectivity index (χ2n) is 7.25. The van der Waals surface area contributed by atoms with Crippen molar-refractivity contribution in [1.29, 1.82) is 0 Å². The van der Waals surface area contributed by atoms with E-state index in [1.165, 1.54) is 12.1 Å². The van der Waals surface area contributed by atoms with Crippen LogP contribution in [0.2, 0.25) is 0 Å². The summed E-state index contributed by atoms with van der Waals surface area (Å²) in [6.07, 6.45) is -5.58. The number of hydrogen-bond acceptors (Lipinski definition) is 8. The van der Waals surface area contributed by atoms with Crippen LogP contribution in [0.4, 0.5) is 4.79 Å². The first-order chi connectivity index (χ1) is 14.3. The quantitative estimate of drug-likeness (QED) is 0.506. The zero-order valence-corrected chi connectivity index (χ0v) is 17.3. The Labute approximate surface area is 174 Å². The maximum Gasteiger partial charge on any atom is 0.509 e. The zero-order chi connectivity index (χ0) is 21.3. The van der Waals surface area contributed by atoms with E-state index in [1.54, 1.807) is 19.1 Å². The molecular formula is C21H22O8S. The van der Waals surface area contributed by atoms with Crippen LogP contribution in [0.25, 0.3) is 0 Å². The van der Waals surface area contributed by atoms with Crippen molar-refractivity contribution < 1.29 is 36.3 Å². The third-order valence-electron chi connectivity index (χ3n) is 5.00. The molecule has 0 N–H and O–H groups in total. The average Bonchev–Trinajstić information content (AvgIpc) is 3.11. The molecular weight excluding hydrogens is 412 g/mol. The minimum Gasteiger partial charge on any atom is -0.424 e. The van der Waals surface area contributed by atoms with E-state index in [4.69, 9.17) is 23.1 Å². The summed E-state index contributed by atoms with van der Waals surface area (Å²) in [7, 11) is -4.11. The highest BCUT2D eigenvalue weighted by Crippen LogP contribution is 2.35. The monoisotopic (exact) mass is 434 g/mol. The standard InChI is InChI=1S/C21H22O8S/c1-13-8-10-16(11-9-13)30(23,24)29-17-14(2)26-20(19-18(17)27-21(22)28-19)25-12-15-6-4-3-5-7-15/h3-11,14,17-20H,12H2,1-2H3/t14?,17-,18+,19?,20-/m1/s1. The molecule has 2 aromatic carbocycles. The molecule has 2 saturated heterocycles.